The second-order valence-corrected chi connectivity index (χ2v) is 9.31. The highest BCUT2D eigenvalue weighted by atomic mass is 16.5. The van der Waals surface area contributed by atoms with Gasteiger partial charge >= 0.3 is 0 Å². The molecule has 4 rings (SSSR count). The number of piperidine rings is 2. The predicted octanol–water partition coefficient (Wildman–Crippen LogP) is 3.82. The Balaban J connectivity index is 1.47. The van der Waals surface area contributed by atoms with Crippen molar-refractivity contribution in [1.29, 1.82) is 0 Å². The Labute approximate surface area is 187 Å². The first-order valence-electron chi connectivity index (χ1n) is 11.7. The van der Waals surface area contributed by atoms with Crippen molar-refractivity contribution >= 4 is 5.95 Å². The molecule has 6 nitrogen and oxygen atoms in total. The maximum atomic E-state index is 5.63. The van der Waals surface area contributed by atoms with E-state index in [4.69, 9.17) is 14.7 Å². The van der Waals surface area contributed by atoms with Crippen LogP contribution >= 0.6 is 0 Å². The average Bonchev–Trinajstić information content (AvgIpc) is 2.80. The molecule has 0 spiro atoms. The molecule has 1 aromatic heterocycles. The van der Waals surface area contributed by atoms with Crippen molar-refractivity contribution in [2.24, 2.45) is 5.92 Å². The molecule has 2 aliphatic rings. The van der Waals surface area contributed by atoms with Gasteiger partial charge in [0, 0.05) is 55.7 Å². The molecule has 0 N–H and O–H groups in total. The Bertz CT molecular complexity index is 811. The van der Waals surface area contributed by atoms with Crippen LogP contribution in [-0.2, 0) is 13.1 Å². The third-order valence-corrected chi connectivity index (χ3v) is 6.91. The van der Waals surface area contributed by atoms with Crippen molar-refractivity contribution in [3.05, 3.63) is 47.8 Å². The number of nitrogens with zero attached hydrogens (tertiary/aromatic N) is 5. The van der Waals surface area contributed by atoms with Crippen molar-refractivity contribution in [2.45, 2.75) is 51.7 Å². The molecule has 0 atom stereocenters. The van der Waals surface area contributed by atoms with Gasteiger partial charge in [-0.3, -0.25) is 4.90 Å². The first kappa shape index (κ1) is 22.0. The van der Waals surface area contributed by atoms with E-state index in [-0.39, 0.29) is 0 Å². The van der Waals surface area contributed by atoms with E-state index in [9.17, 15) is 0 Å². The minimum Gasteiger partial charge on any atom is -0.496 e. The van der Waals surface area contributed by atoms with Gasteiger partial charge < -0.3 is 14.5 Å². The van der Waals surface area contributed by atoms with Gasteiger partial charge in [-0.1, -0.05) is 25.1 Å². The van der Waals surface area contributed by atoms with Crippen LogP contribution in [-0.4, -0.2) is 66.1 Å². The van der Waals surface area contributed by atoms with Crippen molar-refractivity contribution < 1.29 is 4.74 Å². The van der Waals surface area contributed by atoms with Gasteiger partial charge in [0.15, 0.2) is 0 Å². The summed E-state index contributed by atoms with van der Waals surface area (Å²) in [5, 5.41) is 0. The first-order valence-corrected chi connectivity index (χ1v) is 11.7. The molecule has 0 saturated carbocycles. The Morgan fingerprint density at radius 2 is 1.65 bits per heavy atom. The number of para-hydroxylation sites is 1. The zero-order valence-electron chi connectivity index (χ0n) is 19.3. The van der Waals surface area contributed by atoms with Crippen LogP contribution in [0.5, 0.6) is 5.75 Å². The zero-order chi connectivity index (χ0) is 21.6. The molecule has 0 radical (unpaired) electrons. The lowest BCUT2D eigenvalue weighted by Gasteiger charge is -2.37. The maximum Gasteiger partial charge on any atom is 0.225 e. The number of rotatable bonds is 7. The fraction of sp³-hybridized carbons (Fsp3) is 0.600. The lowest BCUT2D eigenvalue weighted by molar-refractivity contribution is 0.107. The molecule has 2 fully saturated rings. The van der Waals surface area contributed by atoms with E-state index in [0.717, 1.165) is 56.9 Å². The van der Waals surface area contributed by atoms with Gasteiger partial charge in [-0.25, -0.2) is 9.97 Å². The Hall–Kier alpha value is -2.18. The molecule has 0 unspecified atom stereocenters. The Morgan fingerprint density at radius 1 is 0.968 bits per heavy atom. The lowest BCUT2D eigenvalue weighted by Crippen LogP contribution is -2.43. The monoisotopic (exact) mass is 423 g/mol. The zero-order valence-corrected chi connectivity index (χ0v) is 19.3. The molecular formula is C25H37N5O. The minimum atomic E-state index is 0.560. The van der Waals surface area contributed by atoms with Crippen LogP contribution in [0.15, 0.2) is 36.7 Å². The van der Waals surface area contributed by atoms with Gasteiger partial charge in [0.05, 0.1) is 7.11 Å². The number of aromatic nitrogens is 2. The molecule has 3 heterocycles. The summed E-state index contributed by atoms with van der Waals surface area (Å²) >= 11 is 0. The number of methoxy groups -OCH3 is 1. The molecule has 0 aliphatic carbocycles. The third kappa shape index (κ3) is 5.74. The van der Waals surface area contributed by atoms with Crippen LogP contribution < -0.4 is 9.64 Å². The minimum absolute atomic E-state index is 0.560. The highest BCUT2D eigenvalue weighted by molar-refractivity contribution is 5.33. The van der Waals surface area contributed by atoms with Gasteiger partial charge in [0.25, 0.3) is 0 Å². The lowest BCUT2D eigenvalue weighted by atomic mass is 10.00. The van der Waals surface area contributed by atoms with Crippen LogP contribution in [0.2, 0.25) is 0 Å². The smallest absolute Gasteiger partial charge is 0.225 e. The summed E-state index contributed by atoms with van der Waals surface area (Å²) in [7, 11) is 3.97. The highest BCUT2D eigenvalue weighted by Crippen LogP contribution is 2.25. The van der Waals surface area contributed by atoms with Crippen LogP contribution in [0, 0.1) is 5.92 Å². The van der Waals surface area contributed by atoms with Gasteiger partial charge in [0.1, 0.15) is 5.75 Å². The van der Waals surface area contributed by atoms with Crippen molar-refractivity contribution in [3.8, 4) is 5.75 Å². The second-order valence-electron chi connectivity index (χ2n) is 9.31. The average molecular weight is 424 g/mol. The number of likely N-dealkylation sites (tertiary alicyclic amines) is 1. The summed E-state index contributed by atoms with van der Waals surface area (Å²) in [5.41, 5.74) is 2.42. The topological polar surface area (TPSA) is 44.7 Å². The maximum absolute atomic E-state index is 5.63. The summed E-state index contributed by atoms with van der Waals surface area (Å²) in [6.45, 7) is 8.51. The summed E-state index contributed by atoms with van der Waals surface area (Å²) in [6.07, 6.45) is 8.91. The van der Waals surface area contributed by atoms with Gasteiger partial charge in [-0.2, -0.15) is 0 Å². The largest absolute Gasteiger partial charge is 0.496 e. The highest BCUT2D eigenvalue weighted by Gasteiger charge is 2.25. The quantitative estimate of drug-likeness (QED) is 0.675. The Kier molecular flexibility index (Phi) is 7.41. The molecular weight excluding hydrogens is 386 g/mol. The van der Waals surface area contributed by atoms with Crippen LogP contribution in [0.4, 0.5) is 5.95 Å². The first-order chi connectivity index (χ1) is 15.1. The van der Waals surface area contributed by atoms with Crippen molar-refractivity contribution in [2.75, 3.05) is 45.2 Å². The second kappa shape index (κ2) is 10.4. The SMILES string of the molecule is COc1ccccc1CN(Cc1cnc(N2CCC(C)CC2)nc1)C1CCN(C)CC1. The van der Waals surface area contributed by atoms with E-state index in [1.165, 1.54) is 36.8 Å². The molecule has 0 amide bonds. The summed E-state index contributed by atoms with van der Waals surface area (Å²) < 4.78 is 5.63. The van der Waals surface area contributed by atoms with Crippen LogP contribution in [0.3, 0.4) is 0 Å². The van der Waals surface area contributed by atoms with E-state index >= 15 is 0 Å². The fourth-order valence-corrected chi connectivity index (χ4v) is 4.76. The van der Waals surface area contributed by atoms with E-state index in [2.05, 4.69) is 46.9 Å². The number of hydrogen-bond donors (Lipinski definition) is 0. The third-order valence-electron chi connectivity index (χ3n) is 6.91. The van der Waals surface area contributed by atoms with Gasteiger partial charge in [0.2, 0.25) is 5.95 Å². The molecule has 31 heavy (non-hydrogen) atoms. The molecule has 2 saturated heterocycles. The van der Waals surface area contributed by atoms with Gasteiger partial charge in [-0.05, 0) is 57.8 Å². The molecule has 2 aromatic rings. The van der Waals surface area contributed by atoms with Gasteiger partial charge in [-0.15, -0.1) is 0 Å². The predicted molar refractivity (Wildman–Crippen MR) is 125 cm³/mol. The fourth-order valence-electron chi connectivity index (χ4n) is 4.76. The van der Waals surface area contributed by atoms with Crippen LogP contribution in [0.1, 0.15) is 43.7 Å². The molecule has 1 aromatic carbocycles. The Morgan fingerprint density at radius 3 is 2.32 bits per heavy atom. The van der Waals surface area contributed by atoms with E-state index in [1.54, 1.807) is 7.11 Å². The molecule has 0 bridgehead atoms. The van der Waals surface area contributed by atoms with Crippen molar-refractivity contribution in [1.82, 2.24) is 19.8 Å². The molecule has 168 valence electrons. The van der Waals surface area contributed by atoms with E-state index in [1.807, 2.05) is 18.5 Å². The number of benzene rings is 1. The molecule has 2 aliphatic heterocycles. The van der Waals surface area contributed by atoms with E-state index in [0.29, 0.717) is 6.04 Å². The van der Waals surface area contributed by atoms with E-state index < -0.39 is 0 Å². The number of ether oxygens (including phenoxy) is 1. The summed E-state index contributed by atoms with van der Waals surface area (Å²) in [6, 6.07) is 8.93. The standard InChI is InChI=1S/C25H37N5O/c1-20-8-14-29(15-9-20)25-26-16-21(17-27-25)18-30(23-10-12-28(2)13-11-23)19-22-6-4-5-7-24(22)31-3/h4-7,16-17,20,23H,8-15,18-19H2,1-3H3. The normalized spacial score (nSPS) is 19.2. The number of anilines is 1. The van der Waals surface area contributed by atoms with Crippen LogP contribution in [0.25, 0.3) is 0 Å². The molecule has 6 heteroatoms. The summed E-state index contributed by atoms with van der Waals surface area (Å²) in [5.74, 6) is 2.66. The van der Waals surface area contributed by atoms with Crippen molar-refractivity contribution in [3.63, 3.8) is 0 Å². The summed E-state index contributed by atoms with van der Waals surface area (Å²) in [4.78, 5) is 16.8. The number of hydrogen-bond acceptors (Lipinski definition) is 6.